The van der Waals surface area contributed by atoms with Crippen LogP contribution in [0, 0.1) is 27.7 Å². The molecule has 1 unspecified atom stereocenters. The first-order chi connectivity index (χ1) is 17.2. The van der Waals surface area contributed by atoms with Crippen LogP contribution in [0.3, 0.4) is 0 Å². The normalized spacial score (nSPS) is 13.0. The number of aryl methyl sites for hydroxylation is 4. The van der Waals surface area contributed by atoms with Gasteiger partial charge in [0.25, 0.3) is 0 Å². The van der Waals surface area contributed by atoms with Crippen molar-refractivity contribution in [3.05, 3.63) is 146 Å². The van der Waals surface area contributed by atoms with Gasteiger partial charge in [-0.2, -0.15) is 0 Å². The zero-order valence-corrected chi connectivity index (χ0v) is 26.2. The van der Waals surface area contributed by atoms with Crippen LogP contribution in [0.25, 0.3) is 10.0 Å². The quantitative estimate of drug-likeness (QED) is 0.190. The molecule has 0 spiro atoms. The summed E-state index contributed by atoms with van der Waals surface area (Å²) in [4.78, 5) is 0.241. The van der Waals surface area contributed by atoms with E-state index in [9.17, 15) is 8.42 Å². The molecule has 0 radical (unpaired) electrons. The number of rotatable bonds is 9. The van der Waals surface area contributed by atoms with Gasteiger partial charge in [0, 0.05) is 0 Å². The molecule has 6 heteroatoms. The molecule has 0 fully saturated rings. The maximum atomic E-state index is 13.7. The Morgan fingerprint density at radius 3 is 1.76 bits per heavy atom. The van der Waals surface area contributed by atoms with E-state index in [0.717, 1.165) is 27.8 Å². The zero-order chi connectivity index (χ0) is 25.7. The third-order valence-electron chi connectivity index (χ3n) is 6.42. The molecular formula is C31H32N2O2SSr. The van der Waals surface area contributed by atoms with Crippen molar-refractivity contribution in [1.82, 2.24) is 0 Å². The van der Waals surface area contributed by atoms with Gasteiger partial charge in [-0.05, 0) is 50.5 Å². The molecule has 37 heavy (non-hydrogen) atoms. The summed E-state index contributed by atoms with van der Waals surface area (Å²) in [6.07, 6.45) is 0. The Bertz CT molecular complexity index is 1420. The minimum Gasteiger partial charge on any atom is -0.653 e. The first-order valence-electron chi connectivity index (χ1n) is 12.1. The summed E-state index contributed by atoms with van der Waals surface area (Å²) in [6.45, 7) is 8.30. The van der Waals surface area contributed by atoms with Crippen LogP contribution in [0.5, 0.6) is 0 Å². The van der Waals surface area contributed by atoms with Crippen molar-refractivity contribution in [2.45, 2.75) is 51.2 Å². The fourth-order valence-corrected chi connectivity index (χ4v) is 5.81. The second-order valence-electron chi connectivity index (χ2n) is 9.33. The average Bonchev–Trinajstić information content (AvgIpc) is 2.88. The van der Waals surface area contributed by atoms with Gasteiger partial charge in [-0.15, -0.1) is 18.6 Å². The van der Waals surface area contributed by atoms with E-state index in [1.165, 1.54) is 5.56 Å². The van der Waals surface area contributed by atoms with Gasteiger partial charge < -0.3 is 10.0 Å². The van der Waals surface area contributed by atoms with Crippen LogP contribution in [-0.4, -0.2) is 53.9 Å². The first kappa shape index (κ1) is 29.8. The van der Waals surface area contributed by atoms with Gasteiger partial charge >= 0.3 is 45.5 Å². The van der Waals surface area contributed by atoms with E-state index < -0.39 is 22.1 Å². The summed E-state index contributed by atoms with van der Waals surface area (Å²) in [5.41, 5.74) is 6.75. The van der Waals surface area contributed by atoms with Crippen molar-refractivity contribution >= 4 is 55.5 Å². The van der Waals surface area contributed by atoms with Crippen molar-refractivity contribution in [3.8, 4) is 0 Å². The second kappa shape index (κ2) is 13.3. The number of sulfonamides is 1. The molecule has 0 aliphatic carbocycles. The van der Waals surface area contributed by atoms with Gasteiger partial charge in [0.05, 0.1) is 4.90 Å². The van der Waals surface area contributed by atoms with E-state index in [-0.39, 0.29) is 50.4 Å². The molecule has 0 heterocycles. The summed E-state index contributed by atoms with van der Waals surface area (Å²) in [5.74, 6) is 0. The molecule has 0 bridgehead atoms. The Kier molecular flexibility index (Phi) is 10.7. The third-order valence-corrected chi connectivity index (χ3v) is 7.92. The minimum absolute atomic E-state index is 0. The predicted molar refractivity (Wildman–Crippen MR) is 154 cm³/mol. The Hall–Kier alpha value is -1.77. The fraction of sp³-hybridized carbons (Fsp3) is 0.226. The summed E-state index contributed by atoms with van der Waals surface area (Å²) >= 11 is 0. The molecule has 4 aromatic rings. The molecule has 2 atom stereocenters. The van der Waals surface area contributed by atoms with Gasteiger partial charge in [0.2, 0.25) is 0 Å². The third kappa shape index (κ3) is 7.64. The Morgan fingerprint density at radius 2 is 1.16 bits per heavy atom. The zero-order valence-electron chi connectivity index (χ0n) is 21.9. The standard InChI is InChI=1S/C31H32N2O2S.Sr/c1-22-15-17-24(3)28(19-22)21-32-30(26-11-7-5-8-12-26)31(27-13-9-6-10-14-27)33-36(34,35)29-20-23(2)16-18-25(29)4;/h5-20,30-31H,21H2,1-4H3;/q-2;+2/t30?,31-;/m1./s1. The van der Waals surface area contributed by atoms with E-state index in [4.69, 9.17) is 5.32 Å². The van der Waals surface area contributed by atoms with E-state index in [0.29, 0.717) is 12.1 Å². The van der Waals surface area contributed by atoms with Crippen molar-refractivity contribution in [3.63, 3.8) is 0 Å². The van der Waals surface area contributed by atoms with Crippen LogP contribution < -0.4 is 0 Å². The number of hydrogen-bond acceptors (Lipinski definition) is 2. The van der Waals surface area contributed by atoms with Crippen LogP contribution in [0.2, 0.25) is 0 Å². The van der Waals surface area contributed by atoms with Crippen molar-refractivity contribution in [2.75, 3.05) is 0 Å². The topological polar surface area (TPSA) is 62.3 Å². The molecule has 4 aromatic carbocycles. The van der Waals surface area contributed by atoms with Crippen molar-refractivity contribution in [1.29, 1.82) is 0 Å². The molecule has 0 N–H and O–H groups in total. The van der Waals surface area contributed by atoms with Gasteiger partial charge in [-0.3, -0.25) is 0 Å². The van der Waals surface area contributed by atoms with Crippen molar-refractivity contribution < 1.29 is 8.42 Å². The first-order valence-corrected chi connectivity index (χ1v) is 13.6. The minimum atomic E-state index is -3.95. The molecule has 0 amide bonds. The molecule has 0 saturated carbocycles. The summed E-state index contributed by atoms with van der Waals surface area (Å²) in [5, 5.41) is 5.10. The smallest absolute Gasteiger partial charge is 0.653 e. The van der Waals surface area contributed by atoms with Gasteiger partial charge in [-0.25, -0.2) is 8.42 Å². The SMILES string of the molecule is Cc1ccc(C)c(C[N-]C(c2ccccc2)[C@H]([N-]S(=O)(=O)c2cc(C)ccc2C)c2ccccc2)c1.[Sr+2]. The van der Waals surface area contributed by atoms with Crippen LogP contribution in [0.4, 0.5) is 0 Å². The Balaban J connectivity index is 0.00000380. The van der Waals surface area contributed by atoms with E-state index in [2.05, 4.69) is 36.8 Å². The van der Waals surface area contributed by atoms with Gasteiger partial charge in [-0.1, -0.05) is 113 Å². The number of hydrogen-bond donors (Lipinski definition) is 0. The molecule has 0 saturated heterocycles. The van der Waals surface area contributed by atoms with E-state index >= 15 is 0 Å². The van der Waals surface area contributed by atoms with Crippen LogP contribution in [0.15, 0.2) is 102 Å². The van der Waals surface area contributed by atoms with Crippen molar-refractivity contribution in [2.24, 2.45) is 0 Å². The predicted octanol–water partition coefficient (Wildman–Crippen LogP) is 7.66. The van der Waals surface area contributed by atoms with Crippen LogP contribution in [-0.2, 0) is 16.6 Å². The van der Waals surface area contributed by atoms with E-state index in [1.807, 2.05) is 79.7 Å². The number of benzene rings is 4. The summed E-state index contributed by atoms with van der Waals surface area (Å²) < 4.78 is 31.9. The summed E-state index contributed by atoms with van der Waals surface area (Å²) in [7, 11) is -3.95. The largest absolute Gasteiger partial charge is 2.00 e. The summed E-state index contributed by atoms with van der Waals surface area (Å²) in [6, 6.07) is 30.0. The average molecular weight is 584 g/mol. The molecule has 0 aromatic heterocycles. The van der Waals surface area contributed by atoms with Crippen LogP contribution in [0.1, 0.15) is 51.0 Å². The maximum absolute atomic E-state index is 13.7. The van der Waals surface area contributed by atoms with Crippen LogP contribution >= 0.6 is 0 Å². The molecule has 0 aliphatic heterocycles. The maximum Gasteiger partial charge on any atom is 2.00 e. The van der Waals surface area contributed by atoms with E-state index in [1.54, 1.807) is 13.0 Å². The number of nitrogens with zero attached hydrogens (tertiary/aromatic N) is 2. The molecule has 0 aliphatic rings. The fourth-order valence-electron chi connectivity index (χ4n) is 4.35. The monoisotopic (exact) mass is 584 g/mol. The molecular weight excluding hydrogens is 552 g/mol. The van der Waals surface area contributed by atoms with Gasteiger partial charge in [0.15, 0.2) is 0 Å². The molecule has 4 rings (SSSR count). The van der Waals surface area contributed by atoms with Gasteiger partial charge in [0.1, 0.15) is 10.0 Å². The molecule has 4 nitrogen and oxygen atoms in total. The Labute approximate surface area is 258 Å². The molecule has 186 valence electrons. The second-order valence-corrected chi connectivity index (χ2v) is 10.9. The Morgan fingerprint density at radius 1 is 0.649 bits per heavy atom.